The molecule has 8 heteroatoms. The number of carbonyl (C=O) groups is 2. The smallest absolute Gasteiger partial charge is 0.410 e. The van der Waals surface area contributed by atoms with Crippen LogP contribution in [0.2, 0.25) is 0 Å². The zero-order chi connectivity index (χ0) is 20.5. The molecule has 8 nitrogen and oxygen atoms in total. The van der Waals surface area contributed by atoms with Gasteiger partial charge in [-0.2, -0.15) is 0 Å². The van der Waals surface area contributed by atoms with Crippen LogP contribution in [0.4, 0.5) is 10.6 Å². The van der Waals surface area contributed by atoms with E-state index in [0.29, 0.717) is 26.2 Å². The van der Waals surface area contributed by atoms with Gasteiger partial charge in [0.05, 0.1) is 11.7 Å². The number of nitrogens with zero attached hydrogens (tertiary/aromatic N) is 4. The van der Waals surface area contributed by atoms with Crippen LogP contribution in [0.25, 0.3) is 5.65 Å². The van der Waals surface area contributed by atoms with Crippen molar-refractivity contribution in [2.45, 2.75) is 46.3 Å². The van der Waals surface area contributed by atoms with Crippen LogP contribution >= 0.6 is 0 Å². The number of amides is 2. The topological polar surface area (TPSA) is 79.2 Å². The summed E-state index contributed by atoms with van der Waals surface area (Å²) in [7, 11) is 0. The molecule has 3 rings (SSSR count). The molecule has 0 bridgehead atoms. The van der Waals surface area contributed by atoms with Crippen molar-refractivity contribution in [3.63, 3.8) is 0 Å². The molecule has 0 radical (unpaired) electrons. The van der Waals surface area contributed by atoms with Crippen molar-refractivity contribution in [2.75, 3.05) is 31.1 Å². The summed E-state index contributed by atoms with van der Waals surface area (Å²) in [6.07, 6.45) is 1.66. The van der Waals surface area contributed by atoms with Crippen LogP contribution in [0, 0.1) is 6.92 Å². The Morgan fingerprint density at radius 1 is 1.29 bits per heavy atom. The molecule has 152 valence electrons. The predicted molar refractivity (Wildman–Crippen MR) is 108 cm³/mol. The highest BCUT2D eigenvalue weighted by atomic mass is 16.6. The molecule has 0 spiro atoms. The summed E-state index contributed by atoms with van der Waals surface area (Å²) in [6, 6.07) is 5.82. The number of pyridine rings is 1. The molecule has 1 unspecified atom stereocenters. The normalized spacial score (nSPS) is 17.7. The first-order valence-electron chi connectivity index (χ1n) is 9.58. The number of rotatable bonds is 3. The molecule has 0 saturated carbocycles. The van der Waals surface area contributed by atoms with E-state index in [-0.39, 0.29) is 18.0 Å². The third-order valence-electron chi connectivity index (χ3n) is 4.61. The van der Waals surface area contributed by atoms with Gasteiger partial charge >= 0.3 is 6.09 Å². The van der Waals surface area contributed by atoms with Crippen LogP contribution in [0.15, 0.2) is 24.4 Å². The number of carbonyl (C=O) groups excluding carboxylic acids is 2. The third-order valence-corrected chi connectivity index (χ3v) is 4.61. The van der Waals surface area contributed by atoms with Crippen LogP contribution in [-0.4, -0.2) is 64.1 Å². The Bertz CT molecular complexity index is 870. The van der Waals surface area contributed by atoms with Gasteiger partial charge in [-0.25, -0.2) is 9.78 Å². The summed E-state index contributed by atoms with van der Waals surface area (Å²) in [4.78, 5) is 32.6. The first-order valence-corrected chi connectivity index (χ1v) is 9.58. The SMILES string of the molecule is CC(=O)NCC1CN(c2cccc3nc(C)cn23)CCN1C(=O)OC(C)(C)C. The molecular formula is C20H29N5O3. The number of anilines is 1. The maximum atomic E-state index is 12.7. The number of piperazine rings is 1. The Kier molecular flexibility index (Phi) is 5.49. The number of hydrogen-bond acceptors (Lipinski definition) is 5. The summed E-state index contributed by atoms with van der Waals surface area (Å²) in [5.41, 5.74) is 1.28. The molecule has 2 aromatic rings. The van der Waals surface area contributed by atoms with Gasteiger partial charge in [0, 0.05) is 39.3 Å². The molecule has 1 N–H and O–H groups in total. The quantitative estimate of drug-likeness (QED) is 0.874. The van der Waals surface area contributed by atoms with Crippen LogP contribution in [-0.2, 0) is 9.53 Å². The van der Waals surface area contributed by atoms with Crippen LogP contribution < -0.4 is 10.2 Å². The summed E-state index contributed by atoms with van der Waals surface area (Å²) < 4.78 is 7.63. The standard InChI is InChI=1S/C20H29N5O3/c1-14-12-25-17(22-14)7-6-8-18(25)23-9-10-24(19(27)28-20(3,4)5)16(13-23)11-21-15(2)26/h6-8,12,16H,9-11,13H2,1-5H3,(H,21,26). The van der Waals surface area contributed by atoms with Gasteiger partial charge in [0.2, 0.25) is 5.91 Å². The molecule has 28 heavy (non-hydrogen) atoms. The molecule has 0 aliphatic carbocycles. The fourth-order valence-electron chi connectivity index (χ4n) is 3.44. The molecule has 0 aromatic carbocycles. The minimum atomic E-state index is -0.563. The van der Waals surface area contributed by atoms with Crippen LogP contribution in [0.1, 0.15) is 33.4 Å². The molecule has 1 fully saturated rings. The maximum absolute atomic E-state index is 12.7. The molecule has 1 aliphatic rings. The Hall–Kier alpha value is -2.77. The largest absolute Gasteiger partial charge is 0.444 e. The lowest BCUT2D eigenvalue weighted by molar-refractivity contribution is -0.119. The fraction of sp³-hybridized carbons (Fsp3) is 0.550. The van der Waals surface area contributed by atoms with Gasteiger partial charge in [0.15, 0.2) is 0 Å². The van der Waals surface area contributed by atoms with Crippen molar-refractivity contribution in [1.29, 1.82) is 0 Å². The molecule has 3 heterocycles. The van der Waals surface area contributed by atoms with Crippen molar-refractivity contribution >= 4 is 23.5 Å². The number of aromatic nitrogens is 2. The van der Waals surface area contributed by atoms with E-state index in [1.807, 2.05) is 52.1 Å². The number of ether oxygens (including phenoxy) is 1. The minimum absolute atomic E-state index is 0.117. The molecule has 1 saturated heterocycles. The lowest BCUT2D eigenvalue weighted by atomic mass is 10.1. The van der Waals surface area contributed by atoms with E-state index in [2.05, 4.69) is 19.6 Å². The summed E-state index contributed by atoms with van der Waals surface area (Å²) in [5.74, 6) is 0.906. The molecule has 2 amide bonds. The van der Waals surface area contributed by atoms with E-state index in [1.165, 1.54) is 6.92 Å². The van der Waals surface area contributed by atoms with Crippen LogP contribution in [0.3, 0.4) is 0 Å². The van der Waals surface area contributed by atoms with Gasteiger partial charge in [-0.05, 0) is 39.8 Å². The van der Waals surface area contributed by atoms with Gasteiger partial charge in [-0.1, -0.05) is 6.07 Å². The zero-order valence-electron chi connectivity index (χ0n) is 17.2. The highest BCUT2D eigenvalue weighted by molar-refractivity contribution is 5.73. The minimum Gasteiger partial charge on any atom is -0.444 e. The second kappa shape index (κ2) is 7.69. The second-order valence-corrected chi connectivity index (χ2v) is 8.21. The van der Waals surface area contributed by atoms with Gasteiger partial charge < -0.3 is 15.0 Å². The molecular weight excluding hydrogens is 358 g/mol. The van der Waals surface area contributed by atoms with Gasteiger partial charge in [0.1, 0.15) is 17.1 Å². The van der Waals surface area contributed by atoms with E-state index in [0.717, 1.165) is 17.2 Å². The highest BCUT2D eigenvalue weighted by Crippen LogP contribution is 2.23. The molecule has 1 aliphatic heterocycles. The predicted octanol–water partition coefficient (Wildman–Crippen LogP) is 2.20. The Morgan fingerprint density at radius 2 is 2.04 bits per heavy atom. The van der Waals surface area contributed by atoms with Crippen LogP contribution in [0.5, 0.6) is 0 Å². The fourth-order valence-corrected chi connectivity index (χ4v) is 3.44. The number of fused-ring (bicyclic) bond motifs is 1. The Labute approximate surface area is 165 Å². The average Bonchev–Trinajstić information content (AvgIpc) is 2.98. The lowest BCUT2D eigenvalue weighted by Gasteiger charge is -2.42. The van der Waals surface area contributed by atoms with E-state index in [9.17, 15) is 9.59 Å². The van der Waals surface area contributed by atoms with E-state index < -0.39 is 5.60 Å². The summed E-state index contributed by atoms with van der Waals surface area (Å²) in [6.45, 7) is 11.2. The van der Waals surface area contributed by atoms with Gasteiger partial charge in [0.25, 0.3) is 0 Å². The number of aryl methyl sites for hydroxylation is 1. The van der Waals surface area contributed by atoms with E-state index in [1.54, 1.807) is 4.90 Å². The summed E-state index contributed by atoms with van der Waals surface area (Å²) >= 11 is 0. The zero-order valence-corrected chi connectivity index (χ0v) is 17.2. The third kappa shape index (κ3) is 4.55. The highest BCUT2D eigenvalue weighted by Gasteiger charge is 2.34. The molecule has 1 atom stereocenters. The average molecular weight is 387 g/mol. The van der Waals surface area contributed by atoms with Gasteiger partial charge in [-0.15, -0.1) is 0 Å². The first-order chi connectivity index (χ1) is 13.1. The van der Waals surface area contributed by atoms with Crippen molar-refractivity contribution in [1.82, 2.24) is 19.6 Å². The first kappa shape index (κ1) is 20.0. The van der Waals surface area contributed by atoms with Gasteiger partial charge in [-0.3, -0.25) is 14.1 Å². The van der Waals surface area contributed by atoms with Crippen molar-refractivity contribution < 1.29 is 14.3 Å². The number of hydrogen-bond donors (Lipinski definition) is 1. The lowest BCUT2D eigenvalue weighted by Crippen LogP contribution is -2.59. The molecule has 2 aromatic heterocycles. The number of nitrogens with one attached hydrogen (secondary N) is 1. The van der Waals surface area contributed by atoms with Crippen molar-refractivity contribution in [3.8, 4) is 0 Å². The number of imidazole rings is 1. The maximum Gasteiger partial charge on any atom is 0.410 e. The Morgan fingerprint density at radius 3 is 2.71 bits per heavy atom. The van der Waals surface area contributed by atoms with Crippen molar-refractivity contribution in [2.24, 2.45) is 0 Å². The second-order valence-electron chi connectivity index (χ2n) is 8.21. The monoisotopic (exact) mass is 387 g/mol. The van der Waals surface area contributed by atoms with E-state index >= 15 is 0 Å². The van der Waals surface area contributed by atoms with E-state index in [4.69, 9.17) is 4.74 Å². The Balaban J connectivity index is 1.83. The van der Waals surface area contributed by atoms with Crippen molar-refractivity contribution in [3.05, 3.63) is 30.1 Å². The summed E-state index contributed by atoms with van der Waals surface area (Å²) in [5, 5.41) is 2.84.